The molecule has 7 heteroatoms. The molecule has 0 saturated heterocycles. The van der Waals surface area contributed by atoms with Crippen LogP contribution in [0.3, 0.4) is 0 Å². The molecular weight excluding hydrogens is 324 g/mol. The number of aromatic nitrogens is 3. The maximum Gasteiger partial charge on any atom is 0.262 e. The van der Waals surface area contributed by atoms with Crippen molar-refractivity contribution in [3.05, 3.63) is 65.9 Å². The third-order valence-electron chi connectivity index (χ3n) is 3.64. The van der Waals surface area contributed by atoms with Crippen molar-refractivity contribution in [2.24, 2.45) is 0 Å². The van der Waals surface area contributed by atoms with Crippen molar-refractivity contribution in [1.29, 1.82) is 0 Å². The first-order chi connectivity index (χ1) is 11.4. The summed E-state index contributed by atoms with van der Waals surface area (Å²) >= 11 is 0. The van der Waals surface area contributed by atoms with Crippen LogP contribution in [0.15, 0.2) is 54.1 Å². The van der Waals surface area contributed by atoms with Gasteiger partial charge in [0.25, 0.3) is 10.0 Å². The standard InChI is InChI=1S/C17H18N4O2S/c1-12-8-13(2)17(14(3)9-12)24(22,23)20-15-4-5-16(19-10-15)21-7-6-18-11-21/h4-11,20H,1-3H3. The second-order valence-corrected chi connectivity index (χ2v) is 7.33. The average molecular weight is 342 g/mol. The summed E-state index contributed by atoms with van der Waals surface area (Å²) in [6.07, 6.45) is 6.55. The smallest absolute Gasteiger partial charge is 0.262 e. The van der Waals surface area contributed by atoms with Crippen LogP contribution in [0.25, 0.3) is 5.82 Å². The van der Waals surface area contributed by atoms with Gasteiger partial charge in [-0.05, 0) is 44.0 Å². The molecule has 0 radical (unpaired) electrons. The van der Waals surface area contributed by atoms with Gasteiger partial charge in [-0.25, -0.2) is 18.4 Å². The number of sulfonamides is 1. The van der Waals surface area contributed by atoms with Crippen LogP contribution in [-0.4, -0.2) is 23.0 Å². The second kappa shape index (κ2) is 6.09. The molecule has 24 heavy (non-hydrogen) atoms. The molecule has 0 aliphatic carbocycles. The molecule has 0 unspecified atom stereocenters. The van der Waals surface area contributed by atoms with Crippen molar-refractivity contribution in [2.75, 3.05) is 4.72 Å². The first-order valence-corrected chi connectivity index (χ1v) is 8.90. The molecule has 2 heterocycles. The predicted octanol–water partition coefficient (Wildman–Crippen LogP) is 2.99. The van der Waals surface area contributed by atoms with Crippen LogP contribution in [-0.2, 0) is 10.0 Å². The van der Waals surface area contributed by atoms with Gasteiger partial charge in [-0.15, -0.1) is 0 Å². The number of hydrogen-bond donors (Lipinski definition) is 1. The van der Waals surface area contributed by atoms with Gasteiger partial charge in [-0.1, -0.05) is 17.7 Å². The topological polar surface area (TPSA) is 76.9 Å². The van der Waals surface area contributed by atoms with Crippen LogP contribution in [0.4, 0.5) is 5.69 Å². The molecule has 2 aromatic heterocycles. The molecule has 0 aliphatic heterocycles. The van der Waals surface area contributed by atoms with E-state index in [1.807, 2.05) is 19.1 Å². The van der Waals surface area contributed by atoms with Gasteiger partial charge in [0.05, 0.1) is 16.8 Å². The average Bonchev–Trinajstić information content (AvgIpc) is 3.00. The minimum atomic E-state index is -3.67. The molecule has 0 atom stereocenters. The molecule has 0 aliphatic rings. The molecule has 3 aromatic rings. The van der Waals surface area contributed by atoms with Crippen molar-refractivity contribution in [2.45, 2.75) is 25.7 Å². The molecule has 124 valence electrons. The zero-order valence-corrected chi connectivity index (χ0v) is 14.5. The largest absolute Gasteiger partial charge is 0.291 e. The van der Waals surface area contributed by atoms with Crippen molar-refractivity contribution in [3.63, 3.8) is 0 Å². The van der Waals surface area contributed by atoms with Crippen LogP contribution in [0.1, 0.15) is 16.7 Å². The van der Waals surface area contributed by atoms with Gasteiger partial charge in [0.2, 0.25) is 0 Å². The zero-order valence-electron chi connectivity index (χ0n) is 13.7. The van der Waals surface area contributed by atoms with Crippen LogP contribution in [0.2, 0.25) is 0 Å². The van der Waals surface area contributed by atoms with E-state index in [-0.39, 0.29) is 0 Å². The Morgan fingerprint density at radius 2 is 1.79 bits per heavy atom. The summed E-state index contributed by atoms with van der Waals surface area (Å²) < 4.78 is 29.8. The summed E-state index contributed by atoms with van der Waals surface area (Å²) in [4.78, 5) is 8.52. The highest BCUT2D eigenvalue weighted by Gasteiger charge is 2.20. The van der Waals surface area contributed by atoms with Gasteiger partial charge >= 0.3 is 0 Å². The van der Waals surface area contributed by atoms with Gasteiger partial charge < -0.3 is 0 Å². The first kappa shape index (κ1) is 16.2. The van der Waals surface area contributed by atoms with Crippen LogP contribution in [0.5, 0.6) is 0 Å². The minimum Gasteiger partial charge on any atom is -0.291 e. The fraction of sp³-hybridized carbons (Fsp3) is 0.176. The fourth-order valence-electron chi connectivity index (χ4n) is 2.79. The molecule has 3 rings (SSSR count). The minimum absolute atomic E-state index is 0.312. The maximum atomic E-state index is 12.7. The molecular formula is C17H18N4O2S. The Balaban J connectivity index is 1.90. The number of imidazole rings is 1. The second-order valence-electron chi connectivity index (χ2n) is 5.71. The number of nitrogens with zero attached hydrogens (tertiary/aromatic N) is 3. The van der Waals surface area contributed by atoms with E-state index in [4.69, 9.17) is 0 Å². The Kier molecular flexibility index (Phi) is 4.11. The molecule has 1 aromatic carbocycles. The van der Waals surface area contributed by atoms with Crippen molar-refractivity contribution in [1.82, 2.24) is 14.5 Å². The lowest BCUT2D eigenvalue weighted by Crippen LogP contribution is -2.16. The van der Waals surface area contributed by atoms with Gasteiger partial charge in [0.15, 0.2) is 0 Å². The Morgan fingerprint density at radius 1 is 1.08 bits per heavy atom. The lowest BCUT2D eigenvalue weighted by Gasteiger charge is -2.14. The number of pyridine rings is 1. The van der Waals surface area contributed by atoms with Crippen molar-refractivity contribution < 1.29 is 8.42 Å². The Labute approximate surface area is 141 Å². The predicted molar refractivity (Wildman–Crippen MR) is 92.8 cm³/mol. The molecule has 0 amide bonds. The zero-order chi connectivity index (χ0) is 17.3. The van der Waals surface area contributed by atoms with Gasteiger partial charge in [-0.3, -0.25) is 9.29 Å². The van der Waals surface area contributed by atoms with Gasteiger partial charge in [0.1, 0.15) is 12.1 Å². The third-order valence-corrected chi connectivity index (χ3v) is 5.33. The van der Waals surface area contributed by atoms with Gasteiger partial charge in [0, 0.05) is 12.4 Å². The molecule has 0 saturated carbocycles. The van der Waals surface area contributed by atoms with Crippen LogP contribution in [0, 0.1) is 20.8 Å². The molecule has 6 nitrogen and oxygen atoms in total. The molecule has 0 fully saturated rings. The monoisotopic (exact) mass is 342 g/mol. The highest BCUT2D eigenvalue weighted by molar-refractivity contribution is 7.92. The Hall–Kier alpha value is -2.67. The molecule has 1 N–H and O–H groups in total. The van der Waals surface area contributed by atoms with Gasteiger partial charge in [-0.2, -0.15) is 0 Å². The number of benzene rings is 1. The highest BCUT2D eigenvalue weighted by Crippen LogP contribution is 2.24. The normalized spacial score (nSPS) is 11.5. The number of rotatable bonds is 4. The highest BCUT2D eigenvalue weighted by atomic mass is 32.2. The quantitative estimate of drug-likeness (QED) is 0.791. The lowest BCUT2D eigenvalue weighted by molar-refractivity contribution is 0.600. The summed E-state index contributed by atoms with van der Waals surface area (Å²) in [5.74, 6) is 0.665. The van der Waals surface area contributed by atoms with E-state index in [0.717, 1.165) is 16.7 Å². The van der Waals surface area contributed by atoms with Crippen LogP contribution >= 0.6 is 0 Å². The van der Waals surface area contributed by atoms with Crippen molar-refractivity contribution in [3.8, 4) is 5.82 Å². The summed E-state index contributed by atoms with van der Waals surface area (Å²) in [6, 6.07) is 7.14. The summed E-state index contributed by atoms with van der Waals surface area (Å²) in [5.41, 5.74) is 2.90. The SMILES string of the molecule is Cc1cc(C)c(S(=O)(=O)Nc2ccc(-n3ccnc3)nc2)c(C)c1. The van der Waals surface area contributed by atoms with E-state index >= 15 is 0 Å². The lowest BCUT2D eigenvalue weighted by atomic mass is 10.1. The van der Waals surface area contributed by atoms with E-state index in [2.05, 4.69) is 14.7 Å². The number of nitrogens with one attached hydrogen (secondary N) is 1. The third kappa shape index (κ3) is 3.16. The summed E-state index contributed by atoms with van der Waals surface area (Å²) in [6.45, 7) is 5.55. The number of hydrogen-bond acceptors (Lipinski definition) is 4. The summed E-state index contributed by atoms with van der Waals surface area (Å²) in [5, 5.41) is 0. The van der Waals surface area contributed by atoms with E-state index in [1.165, 1.54) is 6.20 Å². The molecule has 0 bridgehead atoms. The fourth-order valence-corrected chi connectivity index (χ4v) is 4.29. The Morgan fingerprint density at radius 3 is 2.33 bits per heavy atom. The number of aryl methyl sites for hydroxylation is 3. The Bertz CT molecular complexity index is 939. The molecule has 0 spiro atoms. The van der Waals surface area contributed by atoms with E-state index in [9.17, 15) is 8.42 Å². The first-order valence-electron chi connectivity index (χ1n) is 7.42. The van der Waals surface area contributed by atoms with E-state index < -0.39 is 10.0 Å². The van der Waals surface area contributed by atoms with E-state index in [0.29, 0.717) is 16.4 Å². The maximum absolute atomic E-state index is 12.7. The van der Waals surface area contributed by atoms with E-state index in [1.54, 1.807) is 49.3 Å². The van der Waals surface area contributed by atoms with Crippen molar-refractivity contribution >= 4 is 15.7 Å². The summed E-state index contributed by atoms with van der Waals surface area (Å²) in [7, 11) is -3.67. The number of anilines is 1. The van der Waals surface area contributed by atoms with Crippen LogP contribution < -0.4 is 4.72 Å².